The van der Waals surface area contributed by atoms with E-state index in [1.54, 1.807) is 4.90 Å². The number of carbonyl (C=O) groups excluding carboxylic acids is 2. The minimum Gasteiger partial charge on any atom is -0.492 e. The van der Waals surface area contributed by atoms with Crippen LogP contribution < -0.4 is 20.3 Å². The van der Waals surface area contributed by atoms with Crippen molar-refractivity contribution < 1.29 is 14.3 Å². The zero-order chi connectivity index (χ0) is 18.4. The molecule has 3 rings (SSSR count). The van der Waals surface area contributed by atoms with Crippen LogP contribution in [0.5, 0.6) is 5.75 Å². The molecule has 6 nitrogen and oxygen atoms in total. The van der Waals surface area contributed by atoms with Crippen molar-refractivity contribution in [2.24, 2.45) is 11.8 Å². The summed E-state index contributed by atoms with van der Waals surface area (Å²) < 4.78 is 5.63. The summed E-state index contributed by atoms with van der Waals surface area (Å²) in [5.41, 5.74) is 0.753. The zero-order valence-corrected chi connectivity index (χ0v) is 16.7. The summed E-state index contributed by atoms with van der Waals surface area (Å²) >= 11 is 0. The van der Waals surface area contributed by atoms with Crippen molar-refractivity contribution in [3.05, 3.63) is 24.3 Å². The second kappa shape index (κ2) is 10.5. The van der Waals surface area contributed by atoms with Gasteiger partial charge in [0.15, 0.2) is 0 Å². The molecule has 0 bridgehead atoms. The van der Waals surface area contributed by atoms with Gasteiger partial charge in [-0.15, -0.1) is 12.4 Å². The van der Waals surface area contributed by atoms with Crippen LogP contribution in [-0.2, 0) is 9.59 Å². The van der Waals surface area contributed by atoms with E-state index < -0.39 is 0 Å². The minimum atomic E-state index is -0.290. The first-order chi connectivity index (χ1) is 12.7. The Morgan fingerprint density at radius 2 is 2.19 bits per heavy atom. The summed E-state index contributed by atoms with van der Waals surface area (Å²) in [6.45, 7) is 5.71. The van der Waals surface area contributed by atoms with E-state index >= 15 is 0 Å². The fourth-order valence-electron chi connectivity index (χ4n) is 3.79. The van der Waals surface area contributed by atoms with Gasteiger partial charge in [-0.3, -0.25) is 9.59 Å². The van der Waals surface area contributed by atoms with E-state index in [1.807, 2.05) is 31.2 Å². The monoisotopic (exact) mass is 395 g/mol. The molecular formula is C20H30ClN3O3. The topological polar surface area (TPSA) is 70.7 Å². The molecule has 0 saturated carbocycles. The molecule has 2 unspecified atom stereocenters. The minimum absolute atomic E-state index is 0. The fraction of sp³-hybridized carbons (Fsp3) is 0.600. The van der Waals surface area contributed by atoms with Gasteiger partial charge in [0.25, 0.3) is 0 Å². The van der Waals surface area contributed by atoms with Gasteiger partial charge < -0.3 is 20.3 Å². The number of carbonyl (C=O) groups is 2. The molecule has 150 valence electrons. The van der Waals surface area contributed by atoms with E-state index in [1.165, 1.54) is 12.8 Å². The van der Waals surface area contributed by atoms with Gasteiger partial charge in [-0.1, -0.05) is 12.1 Å². The van der Waals surface area contributed by atoms with E-state index in [0.717, 1.165) is 25.2 Å². The van der Waals surface area contributed by atoms with Crippen LogP contribution in [0, 0.1) is 11.8 Å². The molecule has 2 aliphatic rings. The largest absolute Gasteiger partial charge is 0.492 e. The first-order valence-electron chi connectivity index (χ1n) is 9.69. The van der Waals surface area contributed by atoms with Gasteiger partial charge in [0.1, 0.15) is 5.75 Å². The molecule has 0 aromatic heterocycles. The number of halogens is 1. The molecule has 2 N–H and O–H groups in total. The molecule has 0 aliphatic carbocycles. The van der Waals surface area contributed by atoms with Crippen molar-refractivity contribution >= 4 is 29.9 Å². The molecule has 2 saturated heterocycles. The van der Waals surface area contributed by atoms with E-state index in [0.29, 0.717) is 31.4 Å². The second-order valence-corrected chi connectivity index (χ2v) is 7.10. The van der Waals surface area contributed by atoms with Gasteiger partial charge in [-0.25, -0.2) is 0 Å². The molecule has 2 aliphatic heterocycles. The molecule has 0 radical (unpaired) electrons. The van der Waals surface area contributed by atoms with E-state index in [-0.39, 0.29) is 36.6 Å². The van der Waals surface area contributed by atoms with Crippen molar-refractivity contribution in [2.45, 2.75) is 32.6 Å². The van der Waals surface area contributed by atoms with Gasteiger partial charge in [0.05, 0.1) is 18.2 Å². The number of ether oxygens (including phenoxy) is 1. The summed E-state index contributed by atoms with van der Waals surface area (Å²) in [5, 5.41) is 6.42. The highest BCUT2D eigenvalue weighted by atomic mass is 35.5. The van der Waals surface area contributed by atoms with Crippen LogP contribution >= 0.6 is 12.4 Å². The maximum absolute atomic E-state index is 12.5. The number of hydrogen-bond donors (Lipinski definition) is 2. The number of amides is 2. The van der Waals surface area contributed by atoms with Crippen molar-refractivity contribution in [2.75, 3.05) is 37.7 Å². The molecule has 2 atom stereocenters. The molecule has 2 fully saturated rings. The first-order valence-corrected chi connectivity index (χ1v) is 9.69. The average molecular weight is 396 g/mol. The molecule has 0 spiro atoms. The van der Waals surface area contributed by atoms with Crippen molar-refractivity contribution in [3.63, 3.8) is 0 Å². The Morgan fingerprint density at radius 3 is 2.93 bits per heavy atom. The highest BCUT2D eigenvalue weighted by Crippen LogP contribution is 2.33. The van der Waals surface area contributed by atoms with Crippen LogP contribution in [0.3, 0.4) is 0 Å². The van der Waals surface area contributed by atoms with Gasteiger partial charge in [-0.2, -0.15) is 0 Å². The Hall–Kier alpha value is -1.79. The Labute approximate surface area is 167 Å². The van der Waals surface area contributed by atoms with Gasteiger partial charge in [-0.05, 0) is 57.3 Å². The first kappa shape index (κ1) is 21.5. The second-order valence-electron chi connectivity index (χ2n) is 7.10. The standard InChI is InChI=1S/C20H29N3O3.ClH/c1-2-26-18-8-4-3-7-17(18)23-14-16(12-19(23)24)20(25)22-11-9-15-6-5-10-21-13-15;/h3-4,7-8,15-16,21H,2,5-6,9-14H2,1H3,(H,22,25);1H. The summed E-state index contributed by atoms with van der Waals surface area (Å²) in [7, 11) is 0. The normalized spacial score (nSPS) is 22.3. The smallest absolute Gasteiger partial charge is 0.227 e. The number of hydrogen-bond acceptors (Lipinski definition) is 4. The summed E-state index contributed by atoms with van der Waals surface area (Å²) in [4.78, 5) is 26.6. The Kier molecular flexibility index (Phi) is 8.38. The number of piperidine rings is 1. The Morgan fingerprint density at radius 1 is 1.37 bits per heavy atom. The lowest BCUT2D eigenvalue weighted by Crippen LogP contribution is -2.36. The van der Waals surface area contributed by atoms with Crippen LogP contribution in [0.25, 0.3) is 0 Å². The number of nitrogens with zero attached hydrogens (tertiary/aromatic N) is 1. The molecule has 1 aromatic carbocycles. The fourth-order valence-corrected chi connectivity index (χ4v) is 3.79. The molecular weight excluding hydrogens is 366 g/mol. The maximum Gasteiger partial charge on any atom is 0.227 e. The maximum atomic E-state index is 12.5. The van der Waals surface area contributed by atoms with Crippen LogP contribution in [0.1, 0.15) is 32.6 Å². The van der Waals surface area contributed by atoms with Crippen LogP contribution in [0.4, 0.5) is 5.69 Å². The predicted octanol–water partition coefficient (Wildman–Crippen LogP) is 2.37. The lowest BCUT2D eigenvalue weighted by molar-refractivity contribution is -0.126. The van der Waals surface area contributed by atoms with Crippen LogP contribution in [0.15, 0.2) is 24.3 Å². The lowest BCUT2D eigenvalue weighted by Gasteiger charge is -2.23. The molecule has 2 heterocycles. The SMILES string of the molecule is CCOc1ccccc1N1CC(C(=O)NCCC2CCCNC2)CC1=O.Cl. The predicted molar refractivity (Wildman–Crippen MR) is 109 cm³/mol. The van der Waals surface area contributed by atoms with Crippen LogP contribution in [0.2, 0.25) is 0 Å². The van der Waals surface area contributed by atoms with Gasteiger partial charge in [0.2, 0.25) is 11.8 Å². The van der Waals surface area contributed by atoms with E-state index in [4.69, 9.17) is 4.74 Å². The van der Waals surface area contributed by atoms with E-state index in [2.05, 4.69) is 10.6 Å². The summed E-state index contributed by atoms with van der Waals surface area (Å²) in [6, 6.07) is 7.51. The number of anilines is 1. The van der Waals surface area contributed by atoms with Crippen molar-refractivity contribution in [1.82, 2.24) is 10.6 Å². The number of nitrogens with one attached hydrogen (secondary N) is 2. The number of rotatable bonds is 7. The van der Waals surface area contributed by atoms with Crippen LogP contribution in [-0.4, -0.2) is 44.6 Å². The molecule has 7 heteroatoms. The zero-order valence-electron chi connectivity index (χ0n) is 15.9. The highest BCUT2D eigenvalue weighted by molar-refractivity contribution is 6.01. The van der Waals surface area contributed by atoms with Crippen molar-refractivity contribution in [1.29, 1.82) is 0 Å². The third kappa shape index (κ3) is 5.59. The Bertz CT molecular complexity index is 635. The lowest BCUT2D eigenvalue weighted by atomic mass is 9.96. The third-order valence-electron chi connectivity index (χ3n) is 5.20. The number of para-hydroxylation sites is 2. The summed E-state index contributed by atoms with van der Waals surface area (Å²) in [6.07, 6.45) is 3.70. The summed E-state index contributed by atoms with van der Waals surface area (Å²) in [5.74, 6) is 1.01. The molecule has 2 amide bonds. The third-order valence-corrected chi connectivity index (χ3v) is 5.20. The van der Waals surface area contributed by atoms with Gasteiger partial charge >= 0.3 is 0 Å². The molecule has 27 heavy (non-hydrogen) atoms. The Balaban J connectivity index is 0.00000261. The quantitative estimate of drug-likeness (QED) is 0.743. The number of benzene rings is 1. The molecule has 1 aromatic rings. The average Bonchev–Trinajstić information content (AvgIpc) is 3.05. The van der Waals surface area contributed by atoms with Gasteiger partial charge in [0, 0.05) is 19.5 Å². The van der Waals surface area contributed by atoms with Crippen molar-refractivity contribution in [3.8, 4) is 5.75 Å². The highest BCUT2D eigenvalue weighted by Gasteiger charge is 2.36. The van der Waals surface area contributed by atoms with E-state index in [9.17, 15) is 9.59 Å².